The Morgan fingerprint density at radius 2 is 0.667 bits per heavy atom. The summed E-state index contributed by atoms with van der Waals surface area (Å²) in [7, 11) is 0. The Hall–Kier alpha value is 2.58. The van der Waals surface area contributed by atoms with E-state index in [0.29, 0.717) is 0 Å². The molecule has 0 amide bonds. The molecule has 0 heterocycles. The average Bonchev–Trinajstić information content (AvgIpc) is 0. The van der Waals surface area contributed by atoms with Crippen LogP contribution in [0.4, 0.5) is 0 Å². The van der Waals surface area contributed by atoms with Crippen molar-refractivity contribution in [1.29, 1.82) is 0 Å². The Morgan fingerprint density at radius 1 is 0.667 bits per heavy atom. The summed E-state index contributed by atoms with van der Waals surface area (Å²) in [4.78, 5) is 0. The van der Waals surface area contributed by atoms with Gasteiger partial charge in [-0.05, 0) is 0 Å². The van der Waals surface area contributed by atoms with Crippen LogP contribution in [0.1, 0.15) is 0 Å². The van der Waals surface area contributed by atoms with Crippen molar-refractivity contribution >= 4 is 40.5 Å². The third kappa shape index (κ3) is 30.8. The molecule has 6 heteroatoms. The fourth-order valence-corrected chi connectivity index (χ4v) is 0. The second-order valence-corrected chi connectivity index (χ2v) is 0. The van der Waals surface area contributed by atoms with Crippen LogP contribution in [0.2, 0.25) is 0 Å². The molecular weight excluding hydrogens is 266 g/mol. The molecule has 0 aliphatic heterocycles. The normalized spacial score (nSPS) is 0. The van der Waals surface area contributed by atoms with Crippen LogP contribution in [0.5, 0.6) is 0 Å². The van der Waals surface area contributed by atoms with Crippen molar-refractivity contribution in [3.63, 3.8) is 0 Å². The van der Waals surface area contributed by atoms with Crippen LogP contribution in [-0.2, 0) is 91.1 Å². The molecule has 0 bridgehead atoms. The minimum Gasteiger partial charge on any atom is -2.00 e. The van der Waals surface area contributed by atoms with Gasteiger partial charge in [0, 0.05) is 0 Å². The van der Waals surface area contributed by atoms with Gasteiger partial charge in [-0.3, -0.25) is 0 Å². The van der Waals surface area contributed by atoms with Crippen LogP contribution in [0.15, 0.2) is 0 Å². The topological polar surface area (TPSA) is 0 Å². The van der Waals surface area contributed by atoms with Crippen molar-refractivity contribution < 1.29 is 50.6 Å². The van der Waals surface area contributed by atoms with Crippen molar-refractivity contribution in [3.05, 3.63) is 0 Å². The maximum atomic E-state index is 0. The minimum atomic E-state index is 0. The Labute approximate surface area is 90.2 Å². The van der Waals surface area contributed by atoms with E-state index in [1.54, 1.807) is 0 Å². The van der Waals surface area contributed by atoms with Crippen LogP contribution in [-0.4, -0.2) is 0 Å². The molecule has 0 unspecified atom stereocenters. The van der Waals surface area contributed by atoms with Gasteiger partial charge in [0.1, 0.15) is 0 Å². The molecule has 0 aliphatic rings. The van der Waals surface area contributed by atoms with Gasteiger partial charge >= 0.3 is 50.6 Å². The third-order valence-electron chi connectivity index (χ3n) is 0. The molecule has 6 heavy (non-hydrogen) atoms. The van der Waals surface area contributed by atoms with Crippen molar-refractivity contribution in [3.8, 4) is 0 Å². The molecule has 1 radical (unpaired) electrons. The van der Waals surface area contributed by atoms with E-state index in [2.05, 4.69) is 0 Å². The molecule has 0 nitrogen and oxygen atoms in total. The Bertz CT molecular complexity index is 10.8. The molecule has 0 saturated carbocycles. The summed E-state index contributed by atoms with van der Waals surface area (Å²) in [5.74, 6) is 0. The van der Waals surface area contributed by atoms with Gasteiger partial charge < -0.3 is 40.5 Å². The number of rotatable bonds is 0. The molecule has 0 rings (SSSR count). The first kappa shape index (κ1) is 74.0. The predicted molar refractivity (Wildman–Crippen MR) is 22.1 cm³/mol. The second kappa shape index (κ2) is 49.3. The van der Waals surface area contributed by atoms with E-state index in [-0.39, 0.29) is 91.1 Å². The van der Waals surface area contributed by atoms with E-state index >= 15 is 0 Å². The van der Waals surface area contributed by atoms with E-state index in [1.807, 2.05) is 0 Å². The minimum absolute atomic E-state index is 0. The second-order valence-electron chi connectivity index (χ2n) is 0. The SMILES string of the molecule is [Fe+2].[Mn+2].[Ni+2].[S-2].[S-2].[S-2]. The van der Waals surface area contributed by atoms with Crippen LogP contribution < -0.4 is 0 Å². The van der Waals surface area contributed by atoms with E-state index in [1.165, 1.54) is 0 Å². The summed E-state index contributed by atoms with van der Waals surface area (Å²) in [5, 5.41) is 0. The Kier molecular flexibility index (Phi) is 607. The summed E-state index contributed by atoms with van der Waals surface area (Å²) < 4.78 is 0. The van der Waals surface area contributed by atoms with Crippen LogP contribution in [0.25, 0.3) is 0 Å². The average molecular weight is 266 g/mol. The fraction of sp³-hybridized carbons (Fsp3) is 0. The first-order valence-corrected chi connectivity index (χ1v) is 0. The summed E-state index contributed by atoms with van der Waals surface area (Å²) in [6, 6.07) is 0. The summed E-state index contributed by atoms with van der Waals surface area (Å²) in [6.45, 7) is 0. The van der Waals surface area contributed by atoms with Crippen LogP contribution in [0, 0.1) is 0 Å². The van der Waals surface area contributed by atoms with Gasteiger partial charge in [-0.25, -0.2) is 0 Å². The molecule has 0 aromatic carbocycles. The standard InChI is InChI=1S/Fe.Mn.Ni.3S/q3*+2;3*-2. The van der Waals surface area contributed by atoms with Crippen LogP contribution >= 0.6 is 0 Å². The maximum absolute atomic E-state index is 0. The number of hydrogen-bond donors (Lipinski definition) is 0. The zero-order chi connectivity index (χ0) is 0. The van der Waals surface area contributed by atoms with Crippen LogP contribution in [0.3, 0.4) is 0 Å². The Balaban J connectivity index is 0. The van der Waals surface area contributed by atoms with E-state index in [4.69, 9.17) is 0 Å². The fourth-order valence-electron chi connectivity index (χ4n) is 0. The molecule has 0 aliphatic carbocycles. The summed E-state index contributed by atoms with van der Waals surface area (Å²) in [6.07, 6.45) is 0. The molecule has 0 saturated heterocycles. The molecule has 0 spiro atoms. The smallest absolute Gasteiger partial charge is 2.00 e. The van der Waals surface area contributed by atoms with Crippen molar-refractivity contribution in [2.75, 3.05) is 0 Å². The first-order valence-electron chi connectivity index (χ1n) is 0. The van der Waals surface area contributed by atoms with Gasteiger partial charge in [0.15, 0.2) is 0 Å². The maximum Gasteiger partial charge on any atom is 2.00 e. The van der Waals surface area contributed by atoms with Gasteiger partial charge in [0.05, 0.1) is 0 Å². The summed E-state index contributed by atoms with van der Waals surface area (Å²) >= 11 is 0. The van der Waals surface area contributed by atoms with E-state index < -0.39 is 0 Å². The molecule has 0 aromatic rings. The van der Waals surface area contributed by atoms with Crippen molar-refractivity contribution in [1.82, 2.24) is 0 Å². The molecule has 43 valence electrons. The van der Waals surface area contributed by atoms with Crippen molar-refractivity contribution in [2.45, 2.75) is 0 Å². The van der Waals surface area contributed by atoms with Gasteiger partial charge in [-0.2, -0.15) is 0 Å². The molecule has 0 atom stereocenters. The van der Waals surface area contributed by atoms with Gasteiger partial charge in [-0.1, -0.05) is 0 Å². The molecule has 0 N–H and O–H groups in total. The van der Waals surface area contributed by atoms with Gasteiger partial charge in [0.25, 0.3) is 0 Å². The largest absolute Gasteiger partial charge is 2.00 e. The number of hydrogen-bond acceptors (Lipinski definition) is 0. The zero-order valence-corrected chi connectivity index (χ0v) is 7.99. The molecule has 0 fully saturated rings. The third-order valence-corrected chi connectivity index (χ3v) is 0. The summed E-state index contributed by atoms with van der Waals surface area (Å²) in [5.41, 5.74) is 0. The van der Waals surface area contributed by atoms with Crippen molar-refractivity contribution in [2.24, 2.45) is 0 Å². The van der Waals surface area contributed by atoms with E-state index in [9.17, 15) is 0 Å². The predicted octanol–water partition coefficient (Wildman–Crippen LogP) is -0.0147. The van der Waals surface area contributed by atoms with Gasteiger partial charge in [-0.15, -0.1) is 0 Å². The van der Waals surface area contributed by atoms with Gasteiger partial charge in [0.2, 0.25) is 0 Å². The first-order chi connectivity index (χ1) is 0. The monoisotopic (exact) mass is 265 g/mol. The zero-order valence-electron chi connectivity index (χ0n) is 2.27. The molecule has 0 aromatic heterocycles. The quantitative estimate of drug-likeness (QED) is 0.541. The van der Waals surface area contributed by atoms with E-state index in [0.717, 1.165) is 0 Å². The molecular formula is FeMnNiS3. The Morgan fingerprint density at radius 3 is 0.667 bits per heavy atom.